The zero-order chi connectivity index (χ0) is 47.8. The predicted molar refractivity (Wildman–Crippen MR) is 219 cm³/mol. The van der Waals surface area contributed by atoms with Crippen LogP contribution in [-0.2, 0) is 49.6 Å². The lowest BCUT2D eigenvalue weighted by Crippen LogP contribution is -2.62. The van der Waals surface area contributed by atoms with Gasteiger partial charge in [-0.15, -0.1) is 0 Å². The van der Waals surface area contributed by atoms with E-state index in [1.54, 1.807) is 24.3 Å². The molecule has 352 valence electrons. The van der Waals surface area contributed by atoms with Crippen LogP contribution in [0.4, 0.5) is 10.5 Å². The highest BCUT2D eigenvalue weighted by molar-refractivity contribution is 5.97. The largest absolute Gasteiger partial charge is 0.394 e. The average molecular weight is 898 g/mol. The lowest BCUT2D eigenvalue weighted by atomic mass is 10.0. The van der Waals surface area contributed by atoms with Gasteiger partial charge < -0.3 is 91.6 Å². The molecule has 11 amide bonds. The number of aliphatic hydroxyl groups is 4. The summed E-state index contributed by atoms with van der Waals surface area (Å²) >= 11 is 0. The van der Waals surface area contributed by atoms with Crippen LogP contribution in [0, 0.1) is 0 Å². The summed E-state index contributed by atoms with van der Waals surface area (Å²) < 4.78 is 0. The number of aliphatic hydroxyl groups excluding tert-OH is 4. The number of rotatable bonds is 29. The van der Waals surface area contributed by atoms with Gasteiger partial charge >= 0.3 is 6.03 Å². The Morgan fingerprint density at radius 1 is 0.603 bits per heavy atom. The number of hydrogen-bond donors (Lipinski definition) is 17. The van der Waals surface area contributed by atoms with Gasteiger partial charge in [-0.25, -0.2) is 4.79 Å². The Kier molecular flexibility index (Phi) is 24.4. The second-order valence-corrected chi connectivity index (χ2v) is 14.1. The average Bonchev–Trinajstić information content (AvgIpc) is 3.22. The number of unbranched alkanes of at least 4 members (excludes halogenated alkanes) is 1. The monoisotopic (exact) mass is 897 g/mol. The molecule has 0 aromatic heterocycles. The molecule has 0 aliphatic rings. The first-order valence-corrected chi connectivity index (χ1v) is 19.4. The Morgan fingerprint density at radius 3 is 1.60 bits per heavy atom. The Hall–Kier alpha value is -6.52. The molecule has 27 heteroatoms. The molecule has 1 aromatic rings. The third kappa shape index (κ3) is 20.7. The fourth-order valence-electron chi connectivity index (χ4n) is 5.29. The minimum absolute atomic E-state index is 0.0299. The van der Waals surface area contributed by atoms with Crippen LogP contribution in [0.3, 0.4) is 0 Å². The maximum atomic E-state index is 13.0. The molecule has 27 nitrogen and oxygen atoms in total. The van der Waals surface area contributed by atoms with E-state index < -0.39 is 134 Å². The van der Waals surface area contributed by atoms with Crippen LogP contribution in [0.15, 0.2) is 24.3 Å². The van der Waals surface area contributed by atoms with Crippen molar-refractivity contribution < 1.29 is 68.4 Å². The molecule has 0 saturated carbocycles. The highest BCUT2D eigenvalue weighted by atomic mass is 16.3. The van der Waals surface area contributed by atoms with Gasteiger partial charge in [-0.1, -0.05) is 12.1 Å². The minimum Gasteiger partial charge on any atom is -0.394 e. The van der Waals surface area contributed by atoms with Crippen molar-refractivity contribution in [2.24, 2.45) is 28.7 Å². The van der Waals surface area contributed by atoms with E-state index in [9.17, 15) is 63.3 Å². The van der Waals surface area contributed by atoms with Crippen molar-refractivity contribution in [3.8, 4) is 0 Å². The number of carbonyl (C=O) groups excluding carboxylic acids is 10. The van der Waals surface area contributed by atoms with Crippen molar-refractivity contribution in [2.45, 2.75) is 93.8 Å². The van der Waals surface area contributed by atoms with Crippen LogP contribution >= 0.6 is 0 Å². The van der Waals surface area contributed by atoms with Gasteiger partial charge in [0.1, 0.15) is 42.3 Å². The summed E-state index contributed by atoms with van der Waals surface area (Å²) in [7, 11) is 0. The number of primary amides is 3. The first-order valence-electron chi connectivity index (χ1n) is 19.4. The molecule has 0 bridgehead atoms. The van der Waals surface area contributed by atoms with E-state index in [4.69, 9.17) is 33.8 Å². The summed E-state index contributed by atoms with van der Waals surface area (Å²) in [4.78, 5) is 124. The molecule has 0 heterocycles. The van der Waals surface area contributed by atoms with Crippen LogP contribution in [0.5, 0.6) is 0 Å². The maximum Gasteiger partial charge on any atom is 0.316 e. The summed E-state index contributed by atoms with van der Waals surface area (Å²) in [5.74, 6) is -8.60. The van der Waals surface area contributed by atoms with Gasteiger partial charge in [0.25, 0.3) is 0 Å². The first-order chi connectivity index (χ1) is 29.6. The normalized spacial score (nSPS) is 14.7. The van der Waals surface area contributed by atoms with E-state index in [1.807, 2.05) is 0 Å². The fourth-order valence-corrected chi connectivity index (χ4v) is 5.29. The molecule has 1 rings (SSSR count). The standard InChI is InChI=1S/C36H59N13O14/c1-17(53)28(49-33(60)24(13-26(39)54)47-31(58)21(38)15-51)35(62)48-25(16-52)34(61)45-22(29(40)56)8-9-27(55)42-10-2-3-11-43-32(59)23(46-30(57)20(37)14-50)12-18-4-6-19(7-5-18)44-36(41)63/h4-7,17,20-25,28,50-53H,2-3,8-16,37-38H2,1H3,(H2,39,54)(H2,40,56)(H,42,55)(H,43,59)(H,45,61)(H,46,57)(H,47,58)(H,48,62)(H,49,60)(H3,41,44,63)/t17-,20?,21+,22?,23-,24+,25+,28+/m1/s1. The van der Waals surface area contributed by atoms with Crippen molar-refractivity contribution in [2.75, 3.05) is 38.2 Å². The van der Waals surface area contributed by atoms with E-state index in [0.29, 0.717) is 24.1 Å². The molecule has 8 atom stereocenters. The summed E-state index contributed by atoms with van der Waals surface area (Å²) in [6.07, 6.45) is -2.29. The van der Waals surface area contributed by atoms with Crippen molar-refractivity contribution >= 4 is 64.9 Å². The van der Waals surface area contributed by atoms with Crippen LogP contribution in [-0.4, -0.2) is 161 Å². The number of anilines is 1. The van der Waals surface area contributed by atoms with Gasteiger partial charge in [0.05, 0.1) is 32.3 Å². The number of hydrogen-bond acceptors (Lipinski definition) is 16. The molecule has 0 radical (unpaired) electrons. The van der Waals surface area contributed by atoms with Gasteiger partial charge in [0.2, 0.25) is 53.2 Å². The van der Waals surface area contributed by atoms with Crippen molar-refractivity contribution in [1.82, 2.24) is 37.2 Å². The topological polar surface area (TPSA) is 478 Å². The minimum atomic E-state index is -1.84. The van der Waals surface area contributed by atoms with Gasteiger partial charge in [-0.05, 0) is 43.9 Å². The molecule has 1 aromatic carbocycles. The van der Waals surface area contributed by atoms with E-state index in [-0.39, 0.29) is 32.4 Å². The molecule has 0 saturated heterocycles. The molecular weight excluding hydrogens is 838 g/mol. The second kappa shape index (κ2) is 28.2. The Labute approximate surface area is 360 Å². The number of benzene rings is 1. The second-order valence-electron chi connectivity index (χ2n) is 14.1. The SMILES string of the molecule is C[C@@H](O)[C@H](NC(=O)[C@H](CC(N)=O)NC(=O)[C@@H](N)CO)C(=O)N[C@@H](CO)C(=O)NC(CCC(=O)NCCCCNC(=O)[C@@H](Cc1ccc(NC(N)=O)cc1)NC(=O)C(N)CO)C(N)=O. The van der Waals surface area contributed by atoms with Gasteiger partial charge in [0, 0.05) is 31.6 Å². The van der Waals surface area contributed by atoms with E-state index in [1.165, 1.54) is 0 Å². The first kappa shape index (κ1) is 54.5. The van der Waals surface area contributed by atoms with Crippen molar-refractivity contribution in [3.05, 3.63) is 29.8 Å². The summed E-state index contributed by atoms with van der Waals surface area (Å²) in [6.45, 7) is -1.19. The summed E-state index contributed by atoms with van der Waals surface area (Å²) in [5, 5.41) is 57.0. The van der Waals surface area contributed by atoms with E-state index >= 15 is 0 Å². The fraction of sp³-hybridized carbons (Fsp3) is 0.556. The quantitative estimate of drug-likeness (QED) is 0.0332. The molecule has 0 aliphatic carbocycles. The number of urea groups is 1. The molecule has 2 unspecified atom stereocenters. The Balaban J connectivity index is 2.72. The Morgan fingerprint density at radius 2 is 1.11 bits per heavy atom. The van der Waals surface area contributed by atoms with E-state index in [2.05, 4.69) is 42.5 Å². The van der Waals surface area contributed by atoms with Crippen molar-refractivity contribution in [1.29, 1.82) is 0 Å². The van der Waals surface area contributed by atoms with Crippen LogP contribution in [0.2, 0.25) is 0 Å². The number of nitrogens with two attached hydrogens (primary N) is 5. The third-order valence-corrected chi connectivity index (χ3v) is 8.82. The molecule has 0 fully saturated rings. The lowest BCUT2D eigenvalue weighted by molar-refractivity contribution is -0.137. The summed E-state index contributed by atoms with van der Waals surface area (Å²) in [6, 6.07) is -5.08. The maximum absolute atomic E-state index is 13.0. The van der Waals surface area contributed by atoms with Gasteiger partial charge in [-0.2, -0.15) is 0 Å². The third-order valence-electron chi connectivity index (χ3n) is 8.82. The highest BCUT2D eigenvalue weighted by Crippen LogP contribution is 2.12. The van der Waals surface area contributed by atoms with E-state index in [0.717, 1.165) is 6.92 Å². The predicted octanol–water partition coefficient (Wildman–Crippen LogP) is -8.69. The molecule has 0 aliphatic heterocycles. The smallest absolute Gasteiger partial charge is 0.316 e. The van der Waals surface area contributed by atoms with Crippen LogP contribution in [0.1, 0.15) is 44.6 Å². The molecule has 0 spiro atoms. The van der Waals surface area contributed by atoms with Gasteiger partial charge in [0.15, 0.2) is 0 Å². The number of amides is 11. The molecule has 22 N–H and O–H groups in total. The zero-order valence-electron chi connectivity index (χ0n) is 34.5. The van der Waals surface area contributed by atoms with Crippen LogP contribution < -0.4 is 71.2 Å². The molecule has 63 heavy (non-hydrogen) atoms. The lowest BCUT2D eigenvalue weighted by Gasteiger charge is -2.26. The van der Waals surface area contributed by atoms with Crippen LogP contribution in [0.25, 0.3) is 0 Å². The van der Waals surface area contributed by atoms with Crippen molar-refractivity contribution in [3.63, 3.8) is 0 Å². The zero-order valence-corrected chi connectivity index (χ0v) is 34.5. The summed E-state index contributed by atoms with van der Waals surface area (Å²) in [5.41, 5.74) is 27.7. The number of nitrogens with one attached hydrogen (secondary N) is 8. The Bertz CT molecular complexity index is 1750. The molecular formula is C36H59N13O14. The number of carbonyl (C=O) groups is 10. The highest BCUT2D eigenvalue weighted by Gasteiger charge is 2.34. The van der Waals surface area contributed by atoms with Gasteiger partial charge in [-0.3, -0.25) is 43.2 Å².